The third-order valence-electron chi connectivity index (χ3n) is 6.66. The number of pyridine rings is 1. The SMILES string of the molecule is O=C(N[C@H]1C2CC3CC1C[C@](O)(C3)C2)c1csc(NCCc2ccccn2)n1. The number of thiazole rings is 1. The Morgan fingerprint density at radius 1 is 1.25 bits per heavy atom. The van der Waals surface area contributed by atoms with Crippen LogP contribution in [0.5, 0.6) is 0 Å². The standard InChI is InChI=1S/C21H26N4O2S/c26-19(25-18-14-7-13-8-15(18)11-21(27,9-13)10-14)17-12-28-20(24-17)23-6-4-16-3-1-2-5-22-16/h1-3,5,12-15,18,27H,4,6-11H2,(H,23,24)(H,25,26)/t13?,14?,15?,18-,21-. The second-order valence-corrected chi connectivity index (χ2v) is 9.59. The van der Waals surface area contributed by atoms with Crippen LogP contribution >= 0.6 is 11.3 Å². The molecule has 6 nitrogen and oxygen atoms in total. The predicted molar refractivity (Wildman–Crippen MR) is 108 cm³/mol. The van der Waals surface area contributed by atoms with Gasteiger partial charge in [0.15, 0.2) is 5.13 Å². The van der Waals surface area contributed by atoms with Gasteiger partial charge in [0.2, 0.25) is 0 Å². The average molecular weight is 399 g/mol. The lowest BCUT2D eigenvalue weighted by Crippen LogP contribution is -2.61. The number of carbonyl (C=O) groups excluding carboxylic acids is 1. The van der Waals surface area contributed by atoms with Crippen LogP contribution in [0.1, 0.15) is 48.3 Å². The van der Waals surface area contributed by atoms with Crippen LogP contribution in [0.4, 0.5) is 5.13 Å². The fourth-order valence-corrected chi connectivity index (χ4v) is 6.46. The van der Waals surface area contributed by atoms with Crippen molar-refractivity contribution < 1.29 is 9.90 Å². The van der Waals surface area contributed by atoms with Gasteiger partial charge in [0.25, 0.3) is 5.91 Å². The quantitative estimate of drug-likeness (QED) is 0.696. The van der Waals surface area contributed by atoms with Crippen molar-refractivity contribution in [3.63, 3.8) is 0 Å². The highest BCUT2D eigenvalue weighted by Crippen LogP contribution is 2.55. The zero-order chi connectivity index (χ0) is 19.1. The van der Waals surface area contributed by atoms with Crippen molar-refractivity contribution in [2.75, 3.05) is 11.9 Å². The molecule has 0 aliphatic heterocycles. The van der Waals surface area contributed by atoms with Gasteiger partial charge in [-0.05, 0) is 62.0 Å². The van der Waals surface area contributed by atoms with E-state index >= 15 is 0 Å². The Balaban J connectivity index is 1.17. The van der Waals surface area contributed by atoms with Crippen molar-refractivity contribution >= 4 is 22.4 Å². The monoisotopic (exact) mass is 398 g/mol. The van der Waals surface area contributed by atoms with E-state index in [1.165, 1.54) is 11.3 Å². The van der Waals surface area contributed by atoms with Crippen LogP contribution in [0.25, 0.3) is 0 Å². The lowest BCUT2D eigenvalue weighted by Gasteiger charge is -2.58. The molecule has 0 spiro atoms. The number of aromatic nitrogens is 2. The Morgan fingerprint density at radius 3 is 2.79 bits per heavy atom. The van der Waals surface area contributed by atoms with Crippen molar-refractivity contribution in [3.05, 3.63) is 41.2 Å². The van der Waals surface area contributed by atoms with Gasteiger partial charge in [0.05, 0.1) is 5.60 Å². The molecule has 2 unspecified atom stereocenters. The molecule has 1 amide bonds. The summed E-state index contributed by atoms with van der Waals surface area (Å²) in [5.74, 6) is 1.38. The molecule has 4 saturated carbocycles. The summed E-state index contributed by atoms with van der Waals surface area (Å²) < 4.78 is 0. The Hall–Kier alpha value is -1.99. The first-order valence-corrected chi connectivity index (χ1v) is 11.1. The molecule has 3 N–H and O–H groups in total. The van der Waals surface area contributed by atoms with Gasteiger partial charge in [-0.1, -0.05) is 6.07 Å². The van der Waals surface area contributed by atoms with Crippen LogP contribution in [-0.2, 0) is 6.42 Å². The smallest absolute Gasteiger partial charge is 0.271 e. The molecule has 7 heteroatoms. The van der Waals surface area contributed by atoms with Crippen molar-refractivity contribution in [1.29, 1.82) is 0 Å². The number of nitrogens with zero attached hydrogens (tertiary/aromatic N) is 2. The number of rotatable bonds is 6. The summed E-state index contributed by atoms with van der Waals surface area (Å²) in [6.07, 6.45) is 7.52. The minimum Gasteiger partial charge on any atom is -0.390 e. The molecule has 4 bridgehead atoms. The Labute approximate surface area is 168 Å². The van der Waals surface area contributed by atoms with Crippen molar-refractivity contribution in [2.45, 2.75) is 50.2 Å². The molecule has 4 aliphatic carbocycles. The fraction of sp³-hybridized carbons (Fsp3) is 0.571. The summed E-state index contributed by atoms with van der Waals surface area (Å²) >= 11 is 1.46. The Kier molecular flexibility index (Phi) is 4.59. The van der Waals surface area contributed by atoms with Crippen molar-refractivity contribution in [3.8, 4) is 0 Å². The third kappa shape index (κ3) is 3.53. The number of hydrogen-bond acceptors (Lipinski definition) is 6. The van der Waals surface area contributed by atoms with Gasteiger partial charge in [0, 0.05) is 36.3 Å². The van der Waals surface area contributed by atoms with Crippen LogP contribution in [0.15, 0.2) is 29.8 Å². The molecule has 0 radical (unpaired) electrons. The fourth-order valence-electron chi connectivity index (χ4n) is 5.75. The molecule has 2 aromatic heterocycles. The highest BCUT2D eigenvalue weighted by atomic mass is 32.1. The van der Waals surface area contributed by atoms with Gasteiger partial charge >= 0.3 is 0 Å². The molecule has 0 aromatic carbocycles. The number of anilines is 1. The number of amides is 1. The molecule has 2 aromatic rings. The van der Waals surface area contributed by atoms with Crippen LogP contribution in [-0.4, -0.2) is 39.2 Å². The summed E-state index contributed by atoms with van der Waals surface area (Å²) in [6.45, 7) is 0.734. The molecule has 4 fully saturated rings. The average Bonchev–Trinajstić information content (AvgIpc) is 3.13. The minimum absolute atomic E-state index is 0.0847. The highest BCUT2D eigenvalue weighted by molar-refractivity contribution is 7.13. The van der Waals surface area contributed by atoms with Crippen LogP contribution in [0.2, 0.25) is 0 Å². The van der Waals surface area contributed by atoms with Gasteiger partial charge in [-0.3, -0.25) is 9.78 Å². The van der Waals surface area contributed by atoms with E-state index < -0.39 is 5.60 Å². The molecular formula is C21H26N4O2S. The first-order valence-electron chi connectivity index (χ1n) is 10.2. The van der Waals surface area contributed by atoms with E-state index in [0.717, 1.165) is 55.9 Å². The second kappa shape index (κ2) is 7.12. The maximum atomic E-state index is 12.8. The summed E-state index contributed by atoms with van der Waals surface area (Å²) in [5.41, 5.74) is 1.05. The van der Waals surface area contributed by atoms with E-state index in [0.29, 0.717) is 23.4 Å². The summed E-state index contributed by atoms with van der Waals surface area (Å²) in [5, 5.41) is 19.8. The molecule has 6 rings (SSSR count). The largest absolute Gasteiger partial charge is 0.390 e. The number of hydrogen-bond donors (Lipinski definition) is 3. The molecular weight excluding hydrogens is 372 g/mol. The topological polar surface area (TPSA) is 87.1 Å². The predicted octanol–water partition coefficient (Wildman–Crippen LogP) is 2.86. The number of carbonyl (C=O) groups is 1. The van der Waals surface area contributed by atoms with Crippen LogP contribution in [0, 0.1) is 17.8 Å². The van der Waals surface area contributed by atoms with Crippen molar-refractivity contribution in [2.24, 2.45) is 17.8 Å². The van der Waals surface area contributed by atoms with E-state index in [1.54, 1.807) is 6.20 Å². The van der Waals surface area contributed by atoms with Crippen LogP contribution < -0.4 is 10.6 Å². The van der Waals surface area contributed by atoms with Crippen molar-refractivity contribution in [1.82, 2.24) is 15.3 Å². The van der Waals surface area contributed by atoms with Crippen LogP contribution in [0.3, 0.4) is 0 Å². The number of aliphatic hydroxyl groups is 1. The Morgan fingerprint density at radius 2 is 2.07 bits per heavy atom. The molecule has 0 saturated heterocycles. The second-order valence-electron chi connectivity index (χ2n) is 8.73. The molecule has 4 aliphatic rings. The van der Waals surface area contributed by atoms with Gasteiger partial charge in [-0.25, -0.2) is 4.98 Å². The molecule has 28 heavy (non-hydrogen) atoms. The van der Waals surface area contributed by atoms with E-state index in [9.17, 15) is 9.90 Å². The highest BCUT2D eigenvalue weighted by Gasteiger charge is 2.55. The summed E-state index contributed by atoms with van der Waals surface area (Å²) in [6, 6.07) is 6.08. The van der Waals surface area contributed by atoms with E-state index in [1.807, 2.05) is 23.6 Å². The van der Waals surface area contributed by atoms with Gasteiger partial charge in [-0.15, -0.1) is 11.3 Å². The van der Waals surface area contributed by atoms with Gasteiger partial charge < -0.3 is 15.7 Å². The lowest BCUT2D eigenvalue weighted by atomic mass is 9.52. The van der Waals surface area contributed by atoms with E-state index in [2.05, 4.69) is 20.6 Å². The zero-order valence-corrected chi connectivity index (χ0v) is 16.6. The summed E-state index contributed by atoms with van der Waals surface area (Å²) in [4.78, 5) is 21.5. The minimum atomic E-state index is -0.469. The normalized spacial score (nSPS) is 33.0. The van der Waals surface area contributed by atoms with E-state index in [4.69, 9.17) is 0 Å². The van der Waals surface area contributed by atoms with E-state index in [-0.39, 0.29) is 11.9 Å². The maximum absolute atomic E-state index is 12.8. The molecule has 2 heterocycles. The Bertz CT molecular complexity index is 839. The first-order chi connectivity index (χ1) is 13.6. The third-order valence-corrected chi connectivity index (χ3v) is 7.46. The molecule has 2 atom stereocenters. The van der Waals surface area contributed by atoms with Gasteiger partial charge in [0.1, 0.15) is 5.69 Å². The molecule has 148 valence electrons. The summed E-state index contributed by atoms with van der Waals surface area (Å²) in [7, 11) is 0. The number of nitrogens with one attached hydrogen (secondary N) is 2. The first kappa shape index (κ1) is 18.1. The van der Waals surface area contributed by atoms with Gasteiger partial charge in [-0.2, -0.15) is 0 Å². The lowest BCUT2D eigenvalue weighted by molar-refractivity contribution is -0.136. The maximum Gasteiger partial charge on any atom is 0.271 e. The zero-order valence-electron chi connectivity index (χ0n) is 15.8.